The van der Waals surface area contributed by atoms with Crippen LogP contribution in [0.25, 0.3) is 22.6 Å². The van der Waals surface area contributed by atoms with Gasteiger partial charge in [-0.15, -0.1) is 0 Å². The number of hydrogen-bond donors (Lipinski definition) is 1. The van der Waals surface area contributed by atoms with Gasteiger partial charge >= 0.3 is 5.91 Å². The Bertz CT molecular complexity index is 1010. The van der Waals surface area contributed by atoms with Crippen molar-refractivity contribution in [3.8, 4) is 22.6 Å². The Morgan fingerprint density at radius 1 is 1.00 bits per heavy atom. The minimum atomic E-state index is -0.243. The zero-order chi connectivity index (χ0) is 19.7. The van der Waals surface area contributed by atoms with Crippen molar-refractivity contribution in [3.05, 3.63) is 63.4 Å². The van der Waals surface area contributed by atoms with Gasteiger partial charge in [-0.05, 0) is 42.5 Å². The van der Waals surface area contributed by atoms with E-state index in [0.717, 1.165) is 18.7 Å². The first-order valence-corrected chi connectivity index (χ1v) is 9.88. The monoisotopic (exact) mass is 435 g/mol. The second-order valence-electron chi connectivity index (χ2n) is 6.37. The summed E-state index contributed by atoms with van der Waals surface area (Å²) in [6.07, 6.45) is 0. The molecule has 1 amide bonds. The first-order chi connectivity index (χ1) is 13.5. The molecule has 0 aliphatic carbocycles. The third-order valence-electron chi connectivity index (χ3n) is 4.51. The number of hydrogen-bond acceptors (Lipinski definition) is 4. The quantitative estimate of drug-likeness (QED) is 0.627. The van der Waals surface area contributed by atoms with E-state index in [4.69, 9.17) is 39.2 Å². The number of piperazine rings is 1. The number of carbonyl (C=O) groups is 1. The van der Waals surface area contributed by atoms with E-state index in [9.17, 15) is 4.79 Å². The Labute approximate surface area is 177 Å². The summed E-state index contributed by atoms with van der Waals surface area (Å²) in [5.74, 6) is 0.250. The molecule has 2 heterocycles. The lowest BCUT2D eigenvalue weighted by Gasteiger charge is -2.25. The zero-order valence-electron chi connectivity index (χ0n) is 14.7. The van der Waals surface area contributed by atoms with E-state index in [-0.39, 0.29) is 11.8 Å². The van der Waals surface area contributed by atoms with E-state index in [1.165, 1.54) is 0 Å². The number of nitrogens with zero attached hydrogens (tertiary/aromatic N) is 2. The van der Waals surface area contributed by atoms with Crippen molar-refractivity contribution in [2.45, 2.75) is 0 Å². The van der Waals surface area contributed by atoms with Crippen LogP contribution in [0.4, 0.5) is 0 Å². The molecule has 4 rings (SSSR count). The number of rotatable bonds is 3. The average Bonchev–Trinajstić information content (AvgIpc) is 3.13. The molecule has 5 nitrogen and oxygen atoms in total. The topological polar surface area (TPSA) is 58.4 Å². The highest BCUT2D eigenvalue weighted by molar-refractivity contribution is 6.36. The molecule has 0 radical (unpaired) electrons. The molecule has 144 valence electrons. The fraction of sp³-hybridized carbons (Fsp3) is 0.200. The summed E-state index contributed by atoms with van der Waals surface area (Å²) in [6.45, 7) is 2.70. The van der Waals surface area contributed by atoms with Crippen LogP contribution in [0.15, 0.2) is 46.9 Å². The Kier molecular flexibility index (Phi) is 5.60. The molecule has 1 saturated heterocycles. The number of benzene rings is 2. The smallest absolute Gasteiger partial charge is 0.309 e. The molecule has 2 aromatic carbocycles. The molecule has 0 spiro atoms. The van der Waals surface area contributed by atoms with Crippen molar-refractivity contribution in [1.82, 2.24) is 15.2 Å². The molecular formula is C20H16Cl3N3O2. The normalized spacial score (nSPS) is 14.3. The van der Waals surface area contributed by atoms with Crippen LogP contribution in [0.3, 0.4) is 0 Å². The largest absolute Gasteiger partial charge is 0.432 e. The number of aromatic nitrogens is 1. The maximum absolute atomic E-state index is 12.9. The highest BCUT2D eigenvalue weighted by atomic mass is 35.5. The van der Waals surface area contributed by atoms with Crippen molar-refractivity contribution in [2.24, 2.45) is 0 Å². The van der Waals surface area contributed by atoms with Gasteiger partial charge < -0.3 is 14.6 Å². The summed E-state index contributed by atoms with van der Waals surface area (Å²) >= 11 is 18.4. The molecule has 0 bridgehead atoms. The molecule has 28 heavy (non-hydrogen) atoms. The Balaban J connectivity index is 1.81. The molecular weight excluding hydrogens is 421 g/mol. The van der Waals surface area contributed by atoms with E-state index in [0.29, 0.717) is 45.2 Å². The van der Waals surface area contributed by atoms with Crippen LogP contribution in [0.5, 0.6) is 0 Å². The van der Waals surface area contributed by atoms with Gasteiger partial charge in [-0.3, -0.25) is 4.79 Å². The predicted molar refractivity (Wildman–Crippen MR) is 111 cm³/mol. The fourth-order valence-corrected chi connectivity index (χ4v) is 3.70. The zero-order valence-corrected chi connectivity index (χ0v) is 17.0. The summed E-state index contributed by atoms with van der Waals surface area (Å²) in [5, 5.41) is 4.77. The van der Waals surface area contributed by atoms with Gasteiger partial charge in [0.25, 0.3) is 5.89 Å². The molecule has 0 saturated carbocycles. The van der Waals surface area contributed by atoms with Gasteiger partial charge in [0.1, 0.15) is 5.69 Å². The molecule has 8 heteroatoms. The molecule has 1 N–H and O–H groups in total. The fourth-order valence-electron chi connectivity index (χ4n) is 3.08. The minimum absolute atomic E-state index is 0.0351. The van der Waals surface area contributed by atoms with Gasteiger partial charge in [-0.2, -0.15) is 0 Å². The van der Waals surface area contributed by atoms with Crippen LogP contribution >= 0.6 is 34.8 Å². The third-order valence-corrected chi connectivity index (χ3v) is 5.31. The maximum Gasteiger partial charge on any atom is 0.309 e. The number of nitrogens with one attached hydrogen (secondary N) is 1. The Morgan fingerprint density at radius 3 is 2.36 bits per heavy atom. The highest BCUT2D eigenvalue weighted by Gasteiger charge is 2.27. The van der Waals surface area contributed by atoms with E-state index in [1.807, 2.05) is 12.1 Å². The predicted octanol–water partition coefficient (Wildman–Crippen LogP) is 5.01. The maximum atomic E-state index is 12.9. The van der Waals surface area contributed by atoms with Crippen LogP contribution in [-0.2, 0) is 0 Å². The lowest BCUT2D eigenvalue weighted by atomic mass is 10.1. The minimum Gasteiger partial charge on any atom is -0.432 e. The van der Waals surface area contributed by atoms with E-state index in [2.05, 4.69) is 10.3 Å². The average molecular weight is 437 g/mol. The lowest BCUT2D eigenvalue weighted by Crippen LogP contribution is -2.46. The number of halogens is 3. The molecule has 1 aliphatic rings. The SMILES string of the molecule is O=C(c1nc(-c2ccc(Cl)cc2Cl)c(-c2ccc(Cl)cc2)o1)N1CCNCC1. The molecule has 0 unspecified atom stereocenters. The van der Waals surface area contributed by atoms with Gasteiger partial charge in [0.05, 0.1) is 5.02 Å². The summed E-state index contributed by atoms with van der Waals surface area (Å²) in [5.41, 5.74) is 1.87. The Morgan fingerprint density at radius 2 is 1.68 bits per heavy atom. The van der Waals surface area contributed by atoms with Crippen molar-refractivity contribution in [2.75, 3.05) is 26.2 Å². The van der Waals surface area contributed by atoms with Crippen molar-refractivity contribution < 1.29 is 9.21 Å². The molecule has 3 aromatic rings. The van der Waals surface area contributed by atoms with E-state index >= 15 is 0 Å². The first-order valence-electron chi connectivity index (χ1n) is 8.75. The van der Waals surface area contributed by atoms with Crippen LogP contribution in [0.1, 0.15) is 10.7 Å². The summed E-state index contributed by atoms with van der Waals surface area (Å²) in [6, 6.07) is 12.3. The highest BCUT2D eigenvalue weighted by Crippen LogP contribution is 2.37. The molecule has 1 aromatic heterocycles. The van der Waals surface area contributed by atoms with Crippen molar-refractivity contribution >= 4 is 40.7 Å². The second kappa shape index (κ2) is 8.13. The van der Waals surface area contributed by atoms with Gasteiger partial charge in [-0.1, -0.05) is 34.8 Å². The third kappa shape index (κ3) is 3.89. The van der Waals surface area contributed by atoms with Crippen LogP contribution in [0, 0.1) is 0 Å². The number of amides is 1. The van der Waals surface area contributed by atoms with Crippen LogP contribution in [0.2, 0.25) is 15.1 Å². The standard InChI is InChI=1S/C20H16Cl3N3O2/c21-13-3-1-12(2-4-13)18-17(15-6-5-14(22)11-16(15)23)25-19(28-18)20(27)26-9-7-24-8-10-26/h1-6,11,24H,7-10H2. The van der Waals surface area contributed by atoms with Gasteiger partial charge in [0.2, 0.25) is 0 Å². The molecule has 1 aliphatic heterocycles. The molecule has 0 atom stereocenters. The number of carbonyl (C=O) groups excluding carboxylic acids is 1. The summed E-state index contributed by atoms with van der Waals surface area (Å²) in [7, 11) is 0. The van der Waals surface area contributed by atoms with Crippen LogP contribution < -0.4 is 5.32 Å². The summed E-state index contributed by atoms with van der Waals surface area (Å²) in [4.78, 5) is 19.1. The van der Waals surface area contributed by atoms with Crippen molar-refractivity contribution in [3.63, 3.8) is 0 Å². The van der Waals surface area contributed by atoms with Gasteiger partial charge in [0.15, 0.2) is 5.76 Å². The van der Waals surface area contributed by atoms with Gasteiger partial charge in [-0.25, -0.2) is 4.98 Å². The lowest BCUT2D eigenvalue weighted by molar-refractivity contribution is 0.0696. The van der Waals surface area contributed by atoms with Gasteiger partial charge in [0, 0.05) is 47.4 Å². The molecule has 1 fully saturated rings. The first kappa shape index (κ1) is 19.3. The number of oxazole rings is 1. The van der Waals surface area contributed by atoms with Crippen molar-refractivity contribution in [1.29, 1.82) is 0 Å². The summed E-state index contributed by atoms with van der Waals surface area (Å²) < 4.78 is 5.94. The van der Waals surface area contributed by atoms with E-state index < -0.39 is 0 Å². The Hall–Kier alpha value is -2.05. The second-order valence-corrected chi connectivity index (χ2v) is 7.65. The van der Waals surface area contributed by atoms with E-state index in [1.54, 1.807) is 35.2 Å². The van der Waals surface area contributed by atoms with Crippen LogP contribution in [-0.4, -0.2) is 42.0 Å².